The highest BCUT2D eigenvalue weighted by molar-refractivity contribution is 5.71. The van der Waals surface area contributed by atoms with Crippen LogP contribution in [0.15, 0.2) is 0 Å². The Balaban J connectivity index is 3.78. The van der Waals surface area contributed by atoms with Gasteiger partial charge in [-0.05, 0) is 12.8 Å². The third kappa shape index (κ3) is 7.26. The molecule has 0 N–H and O–H groups in total. The molecule has 16 heavy (non-hydrogen) atoms. The summed E-state index contributed by atoms with van der Waals surface area (Å²) in [5, 5.41) is 0. The summed E-state index contributed by atoms with van der Waals surface area (Å²) in [7, 11) is 0. The Morgan fingerprint density at radius 1 is 1.06 bits per heavy atom. The predicted molar refractivity (Wildman–Crippen MR) is 60.8 cm³/mol. The van der Waals surface area contributed by atoms with E-state index in [1.54, 1.807) is 20.8 Å². The molecule has 0 radical (unpaired) electrons. The van der Waals surface area contributed by atoms with Gasteiger partial charge >= 0.3 is 11.9 Å². The molecule has 0 aromatic rings. The molecule has 0 fully saturated rings. The summed E-state index contributed by atoms with van der Waals surface area (Å²) in [4.78, 5) is 22.4. The first-order valence-corrected chi connectivity index (χ1v) is 5.69. The highest BCUT2D eigenvalue weighted by Crippen LogP contribution is 2.04. The maximum absolute atomic E-state index is 11.3. The lowest BCUT2D eigenvalue weighted by molar-refractivity contribution is -0.160. The highest BCUT2D eigenvalue weighted by Gasteiger charge is 2.14. The van der Waals surface area contributed by atoms with E-state index in [0.717, 1.165) is 0 Å². The van der Waals surface area contributed by atoms with E-state index in [2.05, 4.69) is 0 Å². The van der Waals surface area contributed by atoms with Crippen LogP contribution in [0.3, 0.4) is 0 Å². The number of ether oxygens (including phenoxy) is 2. The van der Waals surface area contributed by atoms with Gasteiger partial charge in [-0.2, -0.15) is 0 Å². The van der Waals surface area contributed by atoms with Crippen molar-refractivity contribution in [1.29, 1.82) is 0 Å². The number of hydrogen-bond donors (Lipinski definition) is 0. The molecule has 0 aliphatic carbocycles. The second kappa shape index (κ2) is 7.25. The largest absolute Gasteiger partial charge is 0.462 e. The van der Waals surface area contributed by atoms with Crippen molar-refractivity contribution >= 4 is 11.9 Å². The molecule has 0 aromatic heterocycles. The van der Waals surface area contributed by atoms with E-state index in [1.807, 2.05) is 13.8 Å². The minimum Gasteiger partial charge on any atom is -0.462 e. The lowest BCUT2D eigenvalue weighted by Gasteiger charge is -2.15. The van der Waals surface area contributed by atoms with Gasteiger partial charge in [-0.3, -0.25) is 9.59 Å². The van der Waals surface area contributed by atoms with Gasteiger partial charge in [0.05, 0.1) is 5.92 Å². The van der Waals surface area contributed by atoms with Crippen LogP contribution < -0.4 is 0 Å². The molecule has 0 bridgehead atoms. The van der Waals surface area contributed by atoms with Gasteiger partial charge in [0.2, 0.25) is 0 Å². The number of hydrogen-bond acceptors (Lipinski definition) is 4. The Kier molecular flexibility index (Phi) is 6.77. The van der Waals surface area contributed by atoms with Gasteiger partial charge in [0, 0.05) is 6.42 Å². The molecule has 1 unspecified atom stereocenters. The molecule has 4 nitrogen and oxygen atoms in total. The Hall–Kier alpha value is -1.06. The maximum Gasteiger partial charge on any atom is 0.308 e. The summed E-state index contributed by atoms with van der Waals surface area (Å²) in [5.74, 6) is -0.397. The third-order valence-electron chi connectivity index (χ3n) is 1.84. The molecule has 0 aromatic carbocycles. The average Bonchev–Trinajstić information content (AvgIpc) is 2.12. The second-order valence-corrected chi connectivity index (χ2v) is 4.68. The molecule has 0 saturated heterocycles. The topological polar surface area (TPSA) is 52.6 Å². The minimum atomic E-state index is -0.381. The highest BCUT2D eigenvalue weighted by atomic mass is 16.6. The van der Waals surface area contributed by atoms with E-state index in [4.69, 9.17) is 9.47 Å². The molecule has 0 aliphatic rings. The van der Waals surface area contributed by atoms with Crippen LogP contribution in [0.25, 0.3) is 0 Å². The lowest BCUT2D eigenvalue weighted by Crippen LogP contribution is -2.24. The lowest BCUT2D eigenvalue weighted by atomic mass is 10.1. The van der Waals surface area contributed by atoms with Crippen molar-refractivity contribution in [1.82, 2.24) is 0 Å². The monoisotopic (exact) mass is 230 g/mol. The Labute approximate surface area is 97.3 Å². The van der Waals surface area contributed by atoms with E-state index < -0.39 is 0 Å². The van der Waals surface area contributed by atoms with Gasteiger partial charge in [-0.1, -0.05) is 27.7 Å². The van der Waals surface area contributed by atoms with Crippen molar-refractivity contribution < 1.29 is 19.1 Å². The first kappa shape index (κ1) is 14.9. The van der Waals surface area contributed by atoms with Crippen LogP contribution in [-0.4, -0.2) is 24.6 Å². The van der Waals surface area contributed by atoms with Gasteiger partial charge in [0.15, 0.2) is 0 Å². The maximum atomic E-state index is 11.3. The number of rotatable bonds is 6. The summed E-state index contributed by atoms with van der Waals surface area (Å²) in [6, 6.07) is 0. The molecule has 0 aliphatic heterocycles. The number of carbonyl (C=O) groups excluding carboxylic acids is 2. The van der Waals surface area contributed by atoms with Crippen molar-refractivity contribution in [2.24, 2.45) is 11.8 Å². The molecular formula is C12H22O4. The fourth-order valence-electron chi connectivity index (χ4n) is 1.01. The zero-order valence-electron chi connectivity index (χ0n) is 10.8. The molecule has 0 rings (SSSR count). The van der Waals surface area contributed by atoms with E-state index in [1.165, 1.54) is 0 Å². The fraction of sp³-hybridized carbons (Fsp3) is 0.833. The van der Waals surface area contributed by atoms with Crippen LogP contribution in [0, 0.1) is 11.8 Å². The zero-order chi connectivity index (χ0) is 12.7. The van der Waals surface area contributed by atoms with Crippen molar-refractivity contribution in [2.45, 2.75) is 47.1 Å². The van der Waals surface area contributed by atoms with Crippen LogP contribution in [0.2, 0.25) is 0 Å². The van der Waals surface area contributed by atoms with Gasteiger partial charge in [-0.15, -0.1) is 0 Å². The quantitative estimate of drug-likeness (QED) is 0.656. The Morgan fingerprint density at radius 2 is 1.62 bits per heavy atom. The summed E-state index contributed by atoms with van der Waals surface area (Å²) in [6.45, 7) is 9.26. The molecule has 1 atom stereocenters. The minimum absolute atomic E-state index is 0.126. The van der Waals surface area contributed by atoms with Gasteiger partial charge in [-0.25, -0.2) is 0 Å². The average molecular weight is 230 g/mol. The van der Waals surface area contributed by atoms with Crippen LogP contribution in [0.1, 0.15) is 41.0 Å². The smallest absolute Gasteiger partial charge is 0.308 e. The SMILES string of the molecule is CC(C)CC(=O)OC(C)COC(=O)C(C)C. The van der Waals surface area contributed by atoms with Crippen molar-refractivity contribution in [3.63, 3.8) is 0 Å². The third-order valence-corrected chi connectivity index (χ3v) is 1.84. The number of carbonyl (C=O) groups is 2. The van der Waals surface area contributed by atoms with E-state index in [0.29, 0.717) is 6.42 Å². The molecular weight excluding hydrogens is 208 g/mol. The number of esters is 2. The van der Waals surface area contributed by atoms with Crippen LogP contribution in [0.5, 0.6) is 0 Å². The molecule has 94 valence electrons. The van der Waals surface area contributed by atoms with Crippen molar-refractivity contribution in [3.05, 3.63) is 0 Å². The van der Waals surface area contributed by atoms with Gasteiger partial charge in [0.1, 0.15) is 12.7 Å². The van der Waals surface area contributed by atoms with Crippen LogP contribution >= 0.6 is 0 Å². The Morgan fingerprint density at radius 3 is 2.06 bits per heavy atom. The zero-order valence-corrected chi connectivity index (χ0v) is 10.8. The summed E-state index contributed by atoms with van der Waals surface area (Å²) < 4.78 is 10.0. The summed E-state index contributed by atoms with van der Waals surface area (Å²) >= 11 is 0. The van der Waals surface area contributed by atoms with Crippen molar-refractivity contribution in [2.75, 3.05) is 6.61 Å². The second-order valence-electron chi connectivity index (χ2n) is 4.68. The normalized spacial score (nSPS) is 12.7. The molecule has 0 spiro atoms. The first-order chi connectivity index (χ1) is 7.32. The summed E-state index contributed by atoms with van der Waals surface area (Å²) in [6.07, 6.45) is 0.0107. The molecule has 0 amide bonds. The van der Waals surface area contributed by atoms with E-state index >= 15 is 0 Å². The van der Waals surface area contributed by atoms with Gasteiger partial charge < -0.3 is 9.47 Å². The van der Waals surface area contributed by atoms with Crippen molar-refractivity contribution in [3.8, 4) is 0 Å². The summed E-state index contributed by atoms with van der Waals surface area (Å²) in [5.41, 5.74) is 0. The van der Waals surface area contributed by atoms with Crippen LogP contribution in [-0.2, 0) is 19.1 Å². The van der Waals surface area contributed by atoms with Crippen LogP contribution in [0.4, 0.5) is 0 Å². The van der Waals surface area contributed by atoms with E-state index in [9.17, 15) is 9.59 Å². The molecule has 0 saturated carbocycles. The van der Waals surface area contributed by atoms with E-state index in [-0.39, 0.29) is 36.5 Å². The predicted octanol–water partition coefficient (Wildman–Crippen LogP) is 2.16. The molecule has 4 heteroatoms. The fourth-order valence-corrected chi connectivity index (χ4v) is 1.01. The first-order valence-electron chi connectivity index (χ1n) is 5.69. The van der Waals surface area contributed by atoms with Gasteiger partial charge in [0.25, 0.3) is 0 Å². The standard InChI is InChI=1S/C12H22O4/c1-8(2)6-11(13)16-10(5)7-15-12(14)9(3)4/h8-10H,6-7H2,1-5H3. The molecule has 0 heterocycles. The Bertz CT molecular complexity index is 233.